The van der Waals surface area contributed by atoms with Crippen LogP contribution >= 0.6 is 0 Å². The number of nitrogens with two attached hydrogens (primary N) is 1. The fraction of sp³-hybridized carbons (Fsp3) is 0.533. The van der Waals surface area contributed by atoms with E-state index in [4.69, 9.17) is 10.5 Å². The molecule has 2 aliphatic heterocycles. The standard InChI is InChI=1S/C30H39N5O2/c1-34-14-16-35(17-15-34)20-24-4-8-26(9-5-24)25-6-2-23(3-7-25)18-27(19-31)33-28(36)30(32)12-10-29(11-13-30)21-37-22-29/h2-9,27H,10-18,20-22,32H2,1H3,(H,33,36). The van der Waals surface area contributed by atoms with Crippen molar-refractivity contribution in [2.24, 2.45) is 11.1 Å². The number of ether oxygens (including phenoxy) is 1. The Bertz CT molecular complexity index is 1100. The van der Waals surface area contributed by atoms with Crippen molar-refractivity contribution in [3.8, 4) is 17.2 Å². The molecule has 3 aliphatic rings. The maximum atomic E-state index is 13.0. The molecule has 0 radical (unpaired) electrons. The minimum absolute atomic E-state index is 0.206. The van der Waals surface area contributed by atoms with Gasteiger partial charge in [-0.2, -0.15) is 5.26 Å². The van der Waals surface area contributed by atoms with E-state index in [0.29, 0.717) is 19.3 Å². The van der Waals surface area contributed by atoms with Crippen molar-refractivity contribution < 1.29 is 9.53 Å². The summed E-state index contributed by atoms with van der Waals surface area (Å²) in [5.41, 5.74) is 10.5. The van der Waals surface area contributed by atoms with Crippen molar-refractivity contribution in [2.45, 2.75) is 50.2 Å². The Morgan fingerprint density at radius 2 is 1.54 bits per heavy atom. The Morgan fingerprint density at radius 3 is 2.05 bits per heavy atom. The second-order valence-electron chi connectivity index (χ2n) is 11.5. The zero-order chi connectivity index (χ0) is 25.9. The summed E-state index contributed by atoms with van der Waals surface area (Å²) in [5, 5.41) is 12.6. The highest BCUT2D eigenvalue weighted by atomic mass is 16.5. The number of rotatable bonds is 7. The van der Waals surface area contributed by atoms with Gasteiger partial charge in [-0.15, -0.1) is 0 Å². The molecular formula is C30H39N5O2. The number of nitrogens with zero attached hydrogens (tertiary/aromatic N) is 3. The third kappa shape index (κ3) is 6.05. The lowest BCUT2D eigenvalue weighted by atomic mass is 9.66. The quantitative estimate of drug-likeness (QED) is 0.606. The number of carbonyl (C=O) groups is 1. The van der Waals surface area contributed by atoms with E-state index in [1.807, 2.05) is 12.1 Å². The number of nitrogens with one attached hydrogen (secondary N) is 1. The average Bonchev–Trinajstić information content (AvgIpc) is 2.90. The molecule has 2 aromatic carbocycles. The van der Waals surface area contributed by atoms with E-state index in [1.54, 1.807) is 0 Å². The first kappa shape index (κ1) is 25.9. The summed E-state index contributed by atoms with van der Waals surface area (Å²) in [6.07, 6.45) is 3.56. The minimum atomic E-state index is -0.893. The molecule has 2 saturated heterocycles. The van der Waals surface area contributed by atoms with Gasteiger partial charge in [0.05, 0.1) is 24.8 Å². The Kier molecular flexibility index (Phi) is 7.64. The number of amides is 1. The van der Waals surface area contributed by atoms with Crippen LogP contribution in [-0.4, -0.2) is 73.7 Å². The molecule has 1 unspecified atom stereocenters. The normalized spacial score (nSPS) is 22.1. The summed E-state index contributed by atoms with van der Waals surface area (Å²) in [5.74, 6) is -0.206. The summed E-state index contributed by atoms with van der Waals surface area (Å²) in [4.78, 5) is 17.9. The fourth-order valence-electron chi connectivity index (χ4n) is 5.70. The Balaban J connectivity index is 1.13. The van der Waals surface area contributed by atoms with Crippen molar-refractivity contribution in [3.05, 3.63) is 59.7 Å². The largest absolute Gasteiger partial charge is 0.380 e. The van der Waals surface area contributed by atoms with E-state index >= 15 is 0 Å². The summed E-state index contributed by atoms with van der Waals surface area (Å²) < 4.78 is 5.38. The van der Waals surface area contributed by atoms with Crippen molar-refractivity contribution in [1.29, 1.82) is 5.26 Å². The minimum Gasteiger partial charge on any atom is -0.380 e. The highest BCUT2D eigenvalue weighted by Gasteiger charge is 2.48. The summed E-state index contributed by atoms with van der Waals surface area (Å²) in [6, 6.07) is 18.7. The molecule has 0 bridgehead atoms. The monoisotopic (exact) mass is 501 g/mol. The third-order valence-electron chi connectivity index (χ3n) is 8.62. The molecule has 3 N–H and O–H groups in total. The molecule has 37 heavy (non-hydrogen) atoms. The lowest BCUT2D eigenvalue weighted by molar-refractivity contribution is -0.148. The average molecular weight is 502 g/mol. The molecule has 7 heteroatoms. The Labute approximate surface area is 220 Å². The molecule has 2 aromatic rings. The van der Waals surface area contributed by atoms with Crippen LogP contribution in [0.2, 0.25) is 0 Å². The van der Waals surface area contributed by atoms with Gasteiger partial charge in [0, 0.05) is 44.6 Å². The highest BCUT2D eigenvalue weighted by molar-refractivity contribution is 5.86. The van der Waals surface area contributed by atoms with Gasteiger partial charge < -0.3 is 20.7 Å². The predicted octanol–water partition coefficient (Wildman–Crippen LogP) is 2.94. The maximum absolute atomic E-state index is 13.0. The van der Waals surface area contributed by atoms with Gasteiger partial charge in [-0.25, -0.2) is 0 Å². The van der Waals surface area contributed by atoms with Crippen molar-refractivity contribution in [3.63, 3.8) is 0 Å². The molecule has 1 amide bonds. The smallest absolute Gasteiger partial charge is 0.241 e. The zero-order valence-corrected chi connectivity index (χ0v) is 21.9. The highest BCUT2D eigenvalue weighted by Crippen LogP contribution is 2.45. The molecule has 5 rings (SSSR count). The molecule has 1 spiro atoms. The van der Waals surface area contributed by atoms with E-state index in [1.165, 1.54) is 11.1 Å². The predicted molar refractivity (Wildman–Crippen MR) is 145 cm³/mol. The van der Waals surface area contributed by atoms with Gasteiger partial charge in [0.2, 0.25) is 5.91 Å². The fourth-order valence-corrected chi connectivity index (χ4v) is 5.70. The summed E-state index contributed by atoms with van der Waals surface area (Å²) >= 11 is 0. The van der Waals surface area contributed by atoms with Crippen molar-refractivity contribution >= 4 is 5.91 Å². The number of piperazine rings is 1. The van der Waals surface area contributed by atoms with Crippen LogP contribution in [0, 0.1) is 16.7 Å². The van der Waals surface area contributed by atoms with Gasteiger partial charge >= 0.3 is 0 Å². The second-order valence-corrected chi connectivity index (χ2v) is 11.5. The van der Waals surface area contributed by atoms with E-state index in [-0.39, 0.29) is 11.3 Å². The molecule has 1 atom stereocenters. The van der Waals surface area contributed by atoms with Crippen molar-refractivity contribution in [1.82, 2.24) is 15.1 Å². The lowest BCUT2D eigenvalue weighted by Crippen LogP contribution is -2.61. The van der Waals surface area contributed by atoms with E-state index in [2.05, 4.69) is 64.6 Å². The first-order valence-corrected chi connectivity index (χ1v) is 13.5. The third-order valence-corrected chi connectivity index (χ3v) is 8.62. The molecule has 1 saturated carbocycles. The number of benzene rings is 2. The molecule has 0 aromatic heterocycles. The molecular weight excluding hydrogens is 462 g/mol. The summed E-state index contributed by atoms with van der Waals surface area (Å²) in [7, 11) is 2.18. The van der Waals surface area contributed by atoms with Gasteiger partial charge in [-0.05, 0) is 55.0 Å². The zero-order valence-electron chi connectivity index (χ0n) is 21.9. The van der Waals surface area contributed by atoms with Crippen LogP contribution in [0.25, 0.3) is 11.1 Å². The lowest BCUT2D eigenvalue weighted by Gasteiger charge is -2.48. The van der Waals surface area contributed by atoms with Gasteiger partial charge in [0.1, 0.15) is 6.04 Å². The van der Waals surface area contributed by atoms with E-state index < -0.39 is 11.6 Å². The van der Waals surface area contributed by atoms with Crippen LogP contribution in [0.5, 0.6) is 0 Å². The molecule has 7 nitrogen and oxygen atoms in total. The maximum Gasteiger partial charge on any atom is 0.241 e. The number of hydrogen-bond donors (Lipinski definition) is 2. The van der Waals surface area contributed by atoms with Gasteiger partial charge in [0.15, 0.2) is 0 Å². The molecule has 1 aliphatic carbocycles. The Hall–Kier alpha value is -2.76. The van der Waals surface area contributed by atoms with Crippen LogP contribution in [0.1, 0.15) is 36.8 Å². The van der Waals surface area contributed by atoms with Crippen LogP contribution in [0.3, 0.4) is 0 Å². The first-order valence-electron chi connectivity index (χ1n) is 13.5. The number of likely N-dealkylation sites (N-methyl/N-ethyl adjacent to an activating group) is 1. The molecule has 2 heterocycles. The molecule has 3 fully saturated rings. The van der Waals surface area contributed by atoms with E-state index in [9.17, 15) is 10.1 Å². The van der Waals surface area contributed by atoms with Crippen molar-refractivity contribution in [2.75, 3.05) is 46.4 Å². The number of nitriles is 1. The molecule has 196 valence electrons. The van der Waals surface area contributed by atoms with E-state index in [0.717, 1.165) is 69.9 Å². The van der Waals surface area contributed by atoms with Gasteiger partial charge in [-0.3, -0.25) is 9.69 Å². The van der Waals surface area contributed by atoms with Crippen LogP contribution in [-0.2, 0) is 22.5 Å². The van der Waals surface area contributed by atoms with Crippen LogP contribution in [0.4, 0.5) is 0 Å². The van der Waals surface area contributed by atoms with Crippen LogP contribution in [0.15, 0.2) is 48.5 Å². The second kappa shape index (κ2) is 10.9. The SMILES string of the molecule is CN1CCN(Cc2ccc(-c3ccc(CC(C#N)NC(=O)C4(N)CCC5(CC4)COC5)cc3)cc2)CC1. The number of carbonyl (C=O) groups excluding carboxylic acids is 1. The first-order chi connectivity index (χ1) is 17.9. The van der Waals surface area contributed by atoms with Gasteiger partial charge in [-0.1, -0.05) is 48.5 Å². The topological polar surface area (TPSA) is 94.6 Å². The number of hydrogen-bond acceptors (Lipinski definition) is 6. The Morgan fingerprint density at radius 1 is 0.973 bits per heavy atom. The summed E-state index contributed by atoms with van der Waals surface area (Å²) in [6.45, 7) is 7.05. The van der Waals surface area contributed by atoms with Crippen LogP contribution < -0.4 is 11.1 Å². The van der Waals surface area contributed by atoms with Gasteiger partial charge in [0.25, 0.3) is 0 Å².